The summed E-state index contributed by atoms with van der Waals surface area (Å²) in [5.74, 6) is 0.0662. The van der Waals surface area contributed by atoms with Gasteiger partial charge in [0.15, 0.2) is 0 Å². The van der Waals surface area contributed by atoms with Gasteiger partial charge < -0.3 is 14.4 Å². The molecule has 1 amide bonds. The highest BCUT2D eigenvalue weighted by molar-refractivity contribution is 6.17. The normalized spacial score (nSPS) is 23.9. The van der Waals surface area contributed by atoms with Crippen LogP contribution in [0.3, 0.4) is 0 Å². The van der Waals surface area contributed by atoms with E-state index < -0.39 is 75.5 Å². The van der Waals surface area contributed by atoms with Gasteiger partial charge in [-0.05, 0) is 155 Å². The Morgan fingerprint density at radius 1 is 0.684 bits per heavy atom. The molecule has 0 unspecified atom stereocenters. The van der Waals surface area contributed by atoms with Gasteiger partial charge in [-0.25, -0.2) is 0 Å². The van der Waals surface area contributed by atoms with Gasteiger partial charge in [-0.2, -0.15) is 63.2 Å². The van der Waals surface area contributed by atoms with Crippen LogP contribution in [-0.2, 0) is 49.2 Å². The van der Waals surface area contributed by atoms with Gasteiger partial charge in [0.25, 0.3) is 0 Å². The zero-order valence-electron chi connectivity index (χ0n) is 43.7. The fourth-order valence-corrected chi connectivity index (χ4v) is 11.4. The summed E-state index contributed by atoms with van der Waals surface area (Å²) in [5.41, 5.74) is -6.59. The lowest BCUT2D eigenvalue weighted by molar-refractivity contribution is -0.145. The van der Waals surface area contributed by atoms with Crippen molar-refractivity contribution >= 4 is 23.3 Å². The number of Topliss-reactive ketones (excluding diaryl/α,β-unsaturated/α-hetero) is 1. The van der Waals surface area contributed by atoms with Crippen molar-refractivity contribution in [2.75, 3.05) is 25.6 Å². The highest BCUT2D eigenvalue weighted by Gasteiger charge is 2.49. The number of alkyl halides is 13. The van der Waals surface area contributed by atoms with Gasteiger partial charge in [0, 0.05) is 37.1 Å². The summed E-state index contributed by atoms with van der Waals surface area (Å²) in [5, 5.41) is 20.3. The van der Waals surface area contributed by atoms with E-state index in [0.717, 1.165) is 30.4 Å². The number of carbonyl (C=O) groups excluding carboxylic acids is 2. The zero-order valence-corrected chi connectivity index (χ0v) is 44.4. The Bertz CT molecular complexity index is 2700. The number of rotatable bonds is 17. The first-order valence-corrected chi connectivity index (χ1v) is 26.7. The second kappa shape index (κ2) is 25.9. The van der Waals surface area contributed by atoms with Gasteiger partial charge in [-0.3, -0.25) is 9.59 Å². The molecule has 428 valence electrons. The van der Waals surface area contributed by atoms with Crippen molar-refractivity contribution in [3.63, 3.8) is 0 Å². The molecule has 1 aliphatic heterocycles. The molecule has 3 aliphatic rings. The first-order valence-electron chi connectivity index (χ1n) is 26.2. The quantitative estimate of drug-likeness (QED) is 0.0593. The van der Waals surface area contributed by atoms with Crippen molar-refractivity contribution in [3.8, 4) is 12.1 Å². The summed E-state index contributed by atoms with van der Waals surface area (Å²) in [6, 6.07) is 26.6. The second-order valence-electron chi connectivity index (χ2n) is 21.2. The maximum absolute atomic E-state index is 13.4. The second-order valence-corrected chi connectivity index (χ2v) is 21.6. The number of halogens is 13. The van der Waals surface area contributed by atoms with Gasteiger partial charge in [0.05, 0.1) is 65.2 Å². The average molecular weight is 1140 g/mol. The molecule has 20 heteroatoms. The Balaban J connectivity index is 0.000000255. The summed E-state index contributed by atoms with van der Waals surface area (Å²) < 4.78 is 172. The van der Waals surface area contributed by atoms with Gasteiger partial charge >= 0.3 is 24.7 Å². The third kappa shape index (κ3) is 16.1. The van der Waals surface area contributed by atoms with Crippen LogP contribution in [0.25, 0.3) is 0 Å². The molecule has 79 heavy (non-hydrogen) atoms. The summed E-state index contributed by atoms with van der Waals surface area (Å²) in [7, 11) is 0. The minimum atomic E-state index is -4.95. The lowest BCUT2D eigenvalue weighted by atomic mass is 9.60. The van der Waals surface area contributed by atoms with Crippen LogP contribution in [0.15, 0.2) is 97.1 Å². The number of likely N-dealkylation sites (tertiary alicyclic amines) is 1. The van der Waals surface area contributed by atoms with E-state index in [1.54, 1.807) is 4.90 Å². The molecule has 7 nitrogen and oxygen atoms in total. The number of ketones is 1. The topological polar surface area (TPSA) is 103 Å². The number of hydrogen-bond donors (Lipinski definition) is 0. The van der Waals surface area contributed by atoms with Crippen LogP contribution in [0.1, 0.15) is 166 Å². The Labute approximate surface area is 457 Å². The molecule has 0 N–H and O–H groups in total. The molecule has 1 saturated heterocycles. The largest absolute Gasteiger partial charge is 0.416 e. The van der Waals surface area contributed by atoms with E-state index in [2.05, 4.69) is 12.1 Å². The van der Waals surface area contributed by atoms with Crippen LogP contribution < -0.4 is 0 Å². The predicted octanol–water partition coefficient (Wildman–Crippen LogP) is 16.9. The van der Waals surface area contributed by atoms with Gasteiger partial charge in [0.2, 0.25) is 5.91 Å². The van der Waals surface area contributed by atoms with Crippen LogP contribution >= 0.6 is 11.6 Å². The van der Waals surface area contributed by atoms with Crippen LogP contribution in [0, 0.1) is 34.0 Å². The van der Waals surface area contributed by atoms with Gasteiger partial charge in [0.1, 0.15) is 11.3 Å². The molecular weight excluding hydrogens is 1080 g/mol. The number of piperidine rings is 1. The van der Waals surface area contributed by atoms with Crippen LogP contribution in [0.2, 0.25) is 0 Å². The zero-order chi connectivity index (χ0) is 58.0. The van der Waals surface area contributed by atoms with E-state index in [1.165, 1.54) is 13.8 Å². The van der Waals surface area contributed by atoms with Crippen molar-refractivity contribution in [3.05, 3.63) is 142 Å². The molecule has 0 bridgehead atoms. The number of nitriles is 2. The lowest BCUT2D eigenvalue weighted by Crippen LogP contribution is -2.56. The monoisotopic (exact) mass is 1140 g/mol. The highest BCUT2D eigenvalue weighted by Crippen LogP contribution is 2.51. The number of amides is 1. The maximum atomic E-state index is 13.4. The van der Waals surface area contributed by atoms with Crippen molar-refractivity contribution in [2.45, 2.75) is 158 Å². The molecule has 0 aromatic heterocycles. The molecule has 4 aromatic rings. The van der Waals surface area contributed by atoms with Crippen LogP contribution in [-0.4, -0.2) is 47.8 Å². The standard InChI is InChI=1S/C30H32ClF6NO2.C29H30F6N2O2/c1-21(22-15-24(29(32,33)34)17-25(16-22)30(35,36)37)40-20-28(23-7-3-2-4-8-23)12-10-27(19-38,11-13-28)18-26(39)9-5-6-14-31;1-19(21-13-23(28(30,31)32)15-24(14-21)29(33,34)35)39-17-22-16-27(18-36,37-12-6-5-9-26(37)38)11-10-25(22)20-7-3-2-4-8-20/h2-4,7-8,15-17,21H,5-6,9-14,18,20H2,1H3;2-4,7-8,13-15,19,22,25H,5-6,9-12,16-17H2,1H3/t21-,27?,28?;19-,22-,25-,27-/m11/s1. The third-order valence-electron chi connectivity index (χ3n) is 15.8. The molecule has 0 spiro atoms. The Hall–Kier alpha value is -5.63. The van der Waals surface area contributed by atoms with Crippen molar-refractivity contribution in [2.24, 2.45) is 11.3 Å². The van der Waals surface area contributed by atoms with E-state index in [0.29, 0.717) is 101 Å². The number of benzene rings is 4. The molecule has 5 atom stereocenters. The fraction of sp³-hybridized carbons (Fsp3) is 0.525. The Morgan fingerprint density at radius 2 is 1.19 bits per heavy atom. The Kier molecular flexibility index (Phi) is 20.5. The molecule has 7 rings (SSSR count). The van der Waals surface area contributed by atoms with Crippen LogP contribution in [0.5, 0.6) is 0 Å². The number of nitrogens with zero attached hydrogens (tertiary/aromatic N) is 3. The molecule has 2 aliphatic carbocycles. The van der Waals surface area contributed by atoms with Gasteiger partial charge in [-0.1, -0.05) is 60.7 Å². The average Bonchev–Trinajstić information content (AvgIpc) is 3.59. The molecule has 1 heterocycles. The summed E-state index contributed by atoms with van der Waals surface area (Å²) >= 11 is 5.69. The SMILES string of the molecule is C[C@@H](OCC1(c2ccccc2)CCC(C#N)(CC(=O)CCCCCl)CC1)c1cc(C(F)(F)F)cc(C(F)(F)F)c1.C[C@@H](OC[C@H]1C[C@](C#N)(N2CCCCC2=O)CC[C@@H]1c1ccccc1)c1cc(C(F)(F)F)cc(C(F)(F)F)c1. The van der Waals surface area contributed by atoms with Crippen LogP contribution in [0.4, 0.5) is 52.7 Å². The first-order chi connectivity index (χ1) is 37.1. The molecule has 2 saturated carbocycles. The smallest absolute Gasteiger partial charge is 0.374 e. The van der Waals surface area contributed by atoms with Crippen molar-refractivity contribution in [1.29, 1.82) is 10.5 Å². The van der Waals surface area contributed by atoms with E-state index >= 15 is 0 Å². The molecule has 0 radical (unpaired) electrons. The maximum Gasteiger partial charge on any atom is 0.416 e. The minimum absolute atomic E-state index is 0.00375. The fourth-order valence-electron chi connectivity index (χ4n) is 11.2. The van der Waals surface area contributed by atoms with Gasteiger partial charge in [-0.15, -0.1) is 11.6 Å². The number of unbranched alkanes of at least 4 members (excludes halogenated alkanes) is 1. The molecular formula is C59H62ClF12N3O4. The van der Waals surface area contributed by atoms with E-state index in [-0.39, 0.29) is 66.4 Å². The Morgan fingerprint density at radius 3 is 1.66 bits per heavy atom. The third-order valence-corrected chi connectivity index (χ3v) is 16.1. The van der Waals surface area contributed by atoms with Crippen molar-refractivity contribution < 1.29 is 71.7 Å². The van der Waals surface area contributed by atoms with Crippen molar-refractivity contribution in [1.82, 2.24) is 4.90 Å². The number of carbonyl (C=O) groups is 2. The number of hydrogen-bond acceptors (Lipinski definition) is 6. The summed E-state index contributed by atoms with van der Waals surface area (Å²) in [4.78, 5) is 27.0. The number of ether oxygens (including phenoxy) is 2. The highest BCUT2D eigenvalue weighted by atomic mass is 35.5. The predicted molar refractivity (Wildman–Crippen MR) is 271 cm³/mol. The van der Waals surface area contributed by atoms with E-state index in [9.17, 15) is 72.8 Å². The van der Waals surface area contributed by atoms with E-state index in [1.807, 2.05) is 60.7 Å². The molecule has 4 aromatic carbocycles. The lowest BCUT2D eigenvalue weighted by Gasteiger charge is -2.48. The summed E-state index contributed by atoms with van der Waals surface area (Å²) in [6.07, 6.45) is -15.0. The molecule has 3 fully saturated rings. The van der Waals surface area contributed by atoms with E-state index in [4.69, 9.17) is 21.1 Å². The summed E-state index contributed by atoms with van der Waals surface area (Å²) in [6.45, 7) is 3.36. The first kappa shape index (κ1) is 62.6. The minimum Gasteiger partial charge on any atom is -0.374 e.